The second kappa shape index (κ2) is 4.71. The fourth-order valence-corrected chi connectivity index (χ4v) is 2.15. The molecule has 0 saturated carbocycles. The van der Waals surface area contributed by atoms with Gasteiger partial charge in [-0.25, -0.2) is 10.0 Å². The van der Waals surface area contributed by atoms with E-state index in [4.69, 9.17) is 4.84 Å². The van der Waals surface area contributed by atoms with Crippen molar-refractivity contribution < 1.29 is 14.7 Å². The van der Waals surface area contributed by atoms with E-state index in [9.17, 15) is 9.90 Å². The van der Waals surface area contributed by atoms with Gasteiger partial charge in [0.1, 0.15) is 5.60 Å². The third kappa shape index (κ3) is 2.64. The van der Waals surface area contributed by atoms with Crippen LogP contribution in [0.4, 0.5) is 5.13 Å². The molecule has 0 radical (unpaired) electrons. The molecule has 1 N–H and O–H groups in total. The molecule has 0 spiro atoms. The maximum absolute atomic E-state index is 11.9. The summed E-state index contributed by atoms with van der Waals surface area (Å²) in [6, 6.07) is 0. The first-order chi connectivity index (χ1) is 8.81. The summed E-state index contributed by atoms with van der Waals surface area (Å²) in [4.78, 5) is 21.2. The van der Waals surface area contributed by atoms with Crippen LogP contribution < -0.4 is 0 Å². The summed E-state index contributed by atoms with van der Waals surface area (Å²) in [5.74, 6) is -0.790. The molecule has 2 rings (SSSR count). The maximum Gasteiger partial charge on any atom is 0.301 e. The minimum Gasteiger partial charge on any atom is -0.507 e. The van der Waals surface area contributed by atoms with Crippen LogP contribution in [0.1, 0.15) is 19.5 Å². The number of carbonyl (C=O) groups is 1. The smallest absolute Gasteiger partial charge is 0.301 e. The average Bonchev–Trinajstić information content (AvgIpc) is 2.72. The van der Waals surface area contributed by atoms with Gasteiger partial charge in [0.15, 0.2) is 11.5 Å². The minimum atomic E-state index is -1.02. The van der Waals surface area contributed by atoms with E-state index in [1.54, 1.807) is 13.8 Å². The Labute approximate surface area is 114 Å². The van der Waals surface area contributed by atoms with Crippen molar-refractivity contribution in [2.24, 2.45) is 10.2 Å². The molecule has 1 aliphatic rings. The van der Waals surface area contributed by atoms with Crippen LogP contribution in [0.5, 0.6) is 0 Å². The van der Waals surface area contributed by atoms with Gasteiger partial charge in [-0.05, 0) is 20.8 Å². The Morgan fingerprint density at radius 3 is 2.74 bits per heavy atom. The van der Waals surface area contributed by atoms with Gasteiger partial charge in [0, 0.05) is 12.4 Å². The molecule has 0 aliphatic carbocycles. The molecule has 1 aliphatic heterocycles. The molecule has 2 heterocycles. The Hall–Kier alpha value is -1.80. The highest BCUT2D eigenvalue weighted by Crippen LogP contribution is 2.30. The highest BCUT2D eigenvalue weighted by Gasteiger charge is 2.39. The van der Waals surface area contributed by atoms with Gasteiger partial charge in [0.2, 0.25) is 5.13 Å². The fourth-order valence-electron chi connectivity index (χ4n) is 1.53. The van der Waals surface area contributed by atoms with E-state index in [0.717, 1.165) is 10.8 Å². The van der Waals surface area contributed by atoms with E-state index in [1.165, 1.54) is 18.4 Å². The summed E-state index contributed by atoms with van der Waals surface area (Å²) < 4.78 is 0. The van der Waals surface area contributed by atoms with Gasteiger partial charge in [-0.15, -0.1) is 21.6 Å². The molecule has 8 heteroatoms. The van der Waals surface area contributed by atoms with Crippen molar-refractivity contribution in [3.8, 4) is 0 Å². The van der Waals surface area contributed by atoms with Gasteiger partial charge < -0.3 is 5.11 Å². The molecular weight excluding hydrogens is 268 g/mol. The number of azo groups is 1. The maximum atomic E-state index is 11.9. The summed E-state index contributed by atoms with van der Waals surface area (Å²) in [5, 5.41) is 21.0. The fraction of sp³-hybridized carbons (Fsp3) is 0.455. The third-order valence-corrected chi connectivity index (χ3v) is 3.33. The number of hydrogen-bond donors (Lipinski definition) is 1. The van der Waals surface area contributed by atoms with Crippen LogP contribution in [0.3, 0.4) is 0 Å². The summed E-state index contributed by atoms with van der Waals surface area (Å²) in [6.45, 7) is 5.10. The number of rotatable bonds is 2. The quantitative estimate of drug-likeness (QED) is 0.844. The zero-order valence-corrected chi connectivity index (χ0v) is 11.9. The van der Waals surface area contributed by atoms with E-state index >= 15 is 0 Å². The number of aliphatic hydroxyl groups excluding tert-OH is 1. The van der Waals surface area contributed by atoms with Gasteiger partial charge >= 0.3 is 5.91 Å². The average molecular weight is 282 g/mol. The Bertz CT molecular complexity index is 576. The molecule has 1 amide bonds. The van der Waals surface area contributed by atoms with Crippen molar-refractivity contribution in [2.45, 2.75) is 26.4 Å². The lowest BCUT2D eigenvalue weighted by molar-refractivity contribution is -0.223. The highest BCUT2D eigenvalue weighted by atomic mass is 32.1. The molecule has 102 valence electrons. The number of amides is 1. The topological polar surface area (TPSA) is 87.4 Å². The molecule has 0 saturated heterocycles. The number of nitrogens with zero attached hydrogens (tertiary/aromatic N) is 4. The van der Waals surface area contributed by atoms with Crippen LogP contribution in [0.2, 0.25) is 0 Å². The molecule has 1 aromatic heterocycles. The molecular formula is C11H14N4O3S. The van der Waals surface area contributed by atoms with Crippen LogP contribution in [0, 0.1) is 6.92 Å². The monoisotopic (exact) mass is 282 g/mol. The predicted molar refractivity (Wildman–Crippen MR) is 69.0 cm³/mol. The van der Waals surface area contributed by atoms with Crippen molar-refractivity contribution in [1.82, 2.24) is 10.0 Å². The molecule has 0 fully saturated rings. The number of aromatic nitrogens is 1. The Balaban J connectivity index is 2.35. The van der Waals surface area contributed by atoms with E-state index in [2.05, 4.69) is 15.2 Å². The first-order valence-corrected chi connectivity index (χ1v) is 6.44. The van der Waals surface area contributed by atoms with Crippen molar-refractivity contribution in [2.75, 3.05) is 7.05 Å². The molecule has 19 heavy (non-hydrogen) atoms. The lowest BCUT2D eigenvalue weighted by Gasteiger charge is -2.34. The van der Waals surface area contributed by atoms with Crippen molar-refractivity contribution in [1.29, 1.82) is 0 Å². The second-order valence-corrected chi connectivity index (χ2v) is 5.41. The Morgan fingerprint density at radius 2 is 2.16 bits per heavy atom. The number of aliphatic hydroxyl groups is 1. The molecule has 1 aromatic rings. The highest BCUT2D eigenvalue weighted by molar-refractivity contribution is 7.13. The Morgan fingerprint density at radius 1 is 1.47 bits per heavy atom. The summed E-state index contributed by atoms with van der Waals surface area (Å²) in [6.07, 6.45) is 0. The van der Waals surface area contributed by atoms with Gasteiger partial charge in [-0.2, -0.15) is 0 Å². The lowest BCUT2D eigenvalue weighted by atomic mass is 10.0. The normalized spacial score (nSPS) is 19.6. The lowest BCUT2D eigenvalue weighted by Crippen LogP contribution is -2.45. The number of hydrogen-bond acceptors (Lipinski definition) is 7. The molecule has 0 unspecified atom stereocenters. The van der Waals surface area contributed by atoms with Crippen LogP contribution in [0.25, 0.3) is 0 Å². The molecule has 7 nitrogen and oxygen atoms in total. The predicted octanol–water partition coefficient (Wildman–Crippen LogP) is 2.49. The zero-order valence-electron chi connectivity index (χ0n) is 11.0. The van der Waals surface area contributed by atoms with Crippen LogP contribution >= 0.6 is 11.3 Å². The molecule has 0 aromatic carbocycles. The largest absolute Gasteiger partial charge is 0.507 e. The number of aryl methyl sites for hydroxylation is 1. The third-order valence-electron chi connectivity index (χ3n) is 2.49. The SMILES string of the molecule is Cc1csc(N=NC2=C(O)C(C)(C)ON(C)C2=O)n1. The summed E-state index contributed by atoms with van der Waals surface area (Å²) in [7, 11) is 1.46. The standard InChI is InChI=1S/C11H14N4O3S/c1-6-5-19-10(12-6)14-13-7-8(16)11(2,3)18-15(4)9(7)17/h5,16H,1-4H3. The van der Waals surface area contributed by atoms with Gasteiger partial charge in [-0.1, -0.05) is 0 Å². The van der Waals surface area contributed by atoms with Crippen LogP contribution in [-0.2, 0) is 9.63 Å². The summed E-state index contributed by atoms with van der Waals surface area (Å²) >= 11 is 1.31. The minimum absolute atomic E-state index is 0.133. The van der Waals surface area contributed by atoms with Gasteiger partial charge in [0.05, 0.1) is 5.69 Å². The van der Waals surface area contributed by atoms with Crippen molar-refractivity contribution in [3.05, 3.63) is 22.5 Å². The second-order valence-electron chi connectivity index (χ2n) is 4.57. The van der Waals surface area contributed by atoms with E-state index < -0.39 is 11.5 Å². The zero-order chi connectivity index (χ0) is 14.2. The van der Waals surface area contributed by atoms with Crippen molar-refractivity contribution in [3.63, 3.8) is 0 Å². The first-order valence-electron chi connectivity index (χ1n) is 5.56. The van der Waals surface area contributed by atoms with Crippen LogP contribution in [-0.4, -0.2) is 33.7 Å². The molecule has 0 atom stereocenters. The number of carbonyl (C=O) groups excluding carboxylic acids is 1. The van der Waals surface area contributed by atoms with Gasteiger partial charge in [0.25, 0.3) is 0 Å². The number of hydroxylamine groups is 2. The first kappa shape index (κ1) is 13.6. The van der Waals surface area contributed by atoms with Gasteiger partial charge in [-0.3, -0.25) is 9.63 Å². The Kier molecular flexibility index (Phi) is 3.38. The van der Waals surface area contributed by atoms with E-state index in [1.807, 2.05) is 12.3 Å². The number of thiazole rings is 1. The number of likely N-dealkylation sites (N-methyl/N-ethyl adjacent to an activating group) is 1. The van der Waals surface area contributed by atoms with Crippen molar-refractivity contribution >= 4 is 22.4 Å². The van der Waals surface area contributed by atoms with E-state index in [-0.39, 0.29) is 11.5 Å². The van der Waals surface area contributed by atoms with E-state index in [0.29, 0.717) is 5.13 Å². The molecule has 0 bridgehead atoms. The van der Waals surface area contributed by atoms with Crippen LogP contribution in [0.15, 0.2) is 27.1 Å². The summed E-state index contributed by atoms with van der Waals surface area (Å²) in [5.41, 5.74) is -0.324.